The van der Waals surface area contributed by atoms with Gasteiger partial charge in [0.15, 0.2) is 0 Å². The fraction of sp³-hybridized carbons (Fsp3) is 0.600. The molecular formula is C15H23NO3S2. The van der Waals surface area contributed by atoms with E-state index in [1.165, 1.54) is 15.5 Å². The summed E-state index contributed by atoms with van der Waals surface area (Å²) >= 11 is 1.67. The lowest BCUT2D eigenvalue weighted by Gasteiger charge is -2.32. The summed E-state index contributed by atoms with van der Waals surface area (Å²) in [6, 6.07) is 7.92. The van der Waals surface area contributed by atoms with E-state index in [0.29, 0.717) is 19.5 Å². The van der Waals surface area contributed by atoms with Crippen LogP contribution >= 0.6 is 11.8 Å². The first-order valence-electron chi connectivity index (χ1n) is 7.17. The molecule has 2 rings (SSSR count). The van der Waals surface area contributed by atoms with Crippen LogP contribution in [0.3, 0.4) is 0 Å². The highest BCUT2D eigenvalue weighted by molar-refractivity contribution is 7.98. The molecule has 1 aromatic carbocycles. The molecule has 0 saturated carbocycles. The average molecular weight is 329 g/mol. The van der Waals surface area contributed by atoms with Crippen LogP contribution in [-0.4, -0.2) is 43.4 Å². The van der Waals surface area contributed by atoms with Crippen LogP contribution in [0.2, 0.25) is 0 Å². The van der Waals surface area contributed by atoms with Crippen molar-refractivity contribution in [3.8, 4) is 0 Å². The summed E-state index contributed by atoms with van der Waals surface area (Å²) in [4.78, 5) is 1.17. The normalized spacial score (nSPS) is 22.1. The van der Waals surface area contributed by atoms with E-state index in [1.807, 2.05) is 30.5 Å². The molecule has 0 bridgehead atoms. The maximum absolute atomic E-state index is 11.6. The molecule has 2 atom stereocenters. The predicted octanol–water partition coefficient (Wildman–Crippen LogP) is 2.50. The molecule has 0 aliphatic carbocycles. The largest absolute Gasteiger partial charge is 0.388 e. The van der Waals surface area contributed by atoms with Gasteiger partial charge in [0, 0.05) is 18.0 Å². The van der Waals surface area contributed by atoms with Crippen molar-refractivity contribution in [3.63, 3.8) is 0 Å². The van der Waals surface area contributed by atoms with Gasteiger partial charge in [-0.1, -0.05) is 12.1 Å². The minimum absolute atomic E-state index is 0.226. The number of aliphatic hydroxyl groups is 1. The minimum Gasteiger partial charge on any atom is -0.388 e. The molecule has 2 unspecified atom stereocenters. The van der Waals surface area contributed by atoms with Crippen molar-refractivity contribution in [1.82, 2.24) is 4.31 Å². The molecule has 4 nitrogen and oxygen atoms in total. The highest BCUT2D eigenvalue weighted by atomic mass is 32.2. The first-order valence-corrected chi connectivity index (χ1v) is 10.2. The van der Waals surface area contributed by atoms with Crippen LogP contribution in [0.25, 0.3) is 0 Å². The van der Waals surface area contributed by atoms with Crippen LogP contribution in [0.15, 0.2) is 29.2 Å². The SMILES string of the molecule is CSc1ccc(C(O)CC2CCCN(S(C)(=O)=O)C2)cc1. The van der Waals surface area contributed by atoms with Crippen LogP contribution in [0.4, 0.5) is 0 Å². The van der Waals surface area contributed by atoms with Crippen LogP contribution in [0, 0.1) is 5.92 Å². The van der Waals surface area contributed by atoms with Crippen molar-refractivity contribution in [2.24, 2.45) is 5.92 Å². The van der Waals surface area contributed by atoms with Gasteiger partial charge in [0.05, 0.1) is 12.4 Å². The maximum atomic E-state index is 11.6. The summed E-state index contributed by atoms with van der Waals surface area (Å²) in [5.41, 5.74) is 0.907. The molecule has 0 radical (unpaired) electrons. The molecule has 1 fully saturated rings. The zero-order valence-electron chi connectivity index (χ0n) is 12.5. The summed E-state index contributed by atoms with van der Waals surface area (Å²) in [5.74, 6) is 0.226. The smallest absolute Gasteiger partial charge is 0.211 e. The molecule has 6 heteroatoms. The Kier molecular flexibility index (Phi) is 5.71. The highest BCUT2D eigenvalue weighted by Crippen LogP contribution is 2.29. The van der Waals surface area contributed by atoms with Gasteiger partial charge in [-0.15, -0.1) is 11.8 Å². The van der Waals surface area contributed by atoms with Crippen LogP contribution in [-0.2, 0) is 10.0 Å². The van der Waals surface area contributed by atoms with Crippen molar-refractivity contribution in [1.29, 1.82) is 0 Å². The molecule has 1 aliphatic heterocycles. The summed E-state index contributed by atoms with van der Waals surface area (Å²) < 4.78 is 24.8. The summed E-state index contributed by atoms with van der Waals surface area (Å²) in [6.07, 6.45) is 5.22. The Balaban J connectivity index is 1.96. The van der Waals surface area contributed by atoms with E-state index in [-0.39, 0.29) is 5.92 Å². The number of aliphatic hydroxyl groups excluding tert-OH is 1. The fourth-order valence-electron chi connectivity index (χ4n) is 2.80. The number of nitrogens with zero attached hydrogens (tertiary/aromatic N) is 1. The second-order valence-electron chi connectivity index (χ2n) is 5.65. The number of rotatable bonds is 5. The van der Waals surface area contributed by atoms with Gasteiger partial charge in [0.2, 0.25) is 10.0 Å². The van der Waals surface area contributed by atoms with Gasteiger partial charge in [-0.2, -0.15) is 0 Å². The Morgan fingerprint density at radius 3 is 2.62 bits per heavy atom. The number of thioether (sulfide) groups is 1. The number of hydrogen-bond donors (Lipinski definition) is 1. The molecule has 0 spiro atoms. The van der Waals surface area contributed by atoms with E-state index >= 15 is 0 Å². The van der Waals surface area contributed by atoms with Crippen molar-refractivity contribution >= 4 is 21.8 Å². The Bertz CT molecular complexity index is 557. The van der Waals surface area contributed by atoms with Gasteiger partial charge in [-0.25, -0.2) is 12.7 Å². The third kappa shape index (κ3) is 4.71. The Labute approximate surface area is 131 Å². The zero-order valence-corrected chi connectivity index (χ0v) is 14.2. The van der Waals surface area contributed by atoms with E-state index in [1.54, 1.807) is 11.8 Å². The first kappa shape index (κ1) is 16.8. The fourth-order valence-corrected chi connectivity index (χ4v) is 4.15. The second-order valence-corrected chi connectivity index (χ2v) is 8.52. The van der Waals surface area contributed by atoms with E-state index < -0.39 is 16.1 Å². The van der Waals surface area contributed by atoms with Gasteiger partial charge < -0.3 is 5.11 Å². The third-order valence-electron chi connectivity index (χ3n) is 4.01. The van der Waals surface area contributed by atoms with E-state index in [2.05, 4.69) is 0 Å². The standard InChI is InChI=1S/C15H23NO3S2/c1-20-14-7-5-13(6-8-14)15(17)10-12-4-3-9-16(11-12)21(2,18)19/h5-8,12,15,17H,3-4,9-11H2,1-2H3. The molecule has 0 amide bonds. The topological polar surface area (TPSA) is 57.6 Å². The summed E-state index contributed by atoms with van der Waals surface area (Å²) in [5, 5.41) is 10.4. The Hall–Kier alpha value is -0.560. The minimum atomic E-state index is -3.12. The van der Waals surface area contributed by atoms with E-state index in [4.69, 9.17) is 0 Å². The van der Waals surface area contributed by atoms with E-state index in [0.717, 1.165) is 18.4 Å². The monoisotopic (exact) mass is 329 g/mol. The highest BCUT2D eigenvalue weighted by Gasteiger charge is 2.27. The molecule has 1 aromatic rings. The third-order valence-corrected chi connectivity index (χ3v) is 6.02. The van der Waals surface area contributed by atoms with Crippen molar-refractivity contribution in [2.45, 2.75) is 30.3 Å². The van der Waals surface area contributed by atoms with Gasteiger partial charge in [-0.3, -0.25) is 0 Å². The lowest BCUT2D eigenvalue weighted by Crippen LogP contribution is -2.39. The molecule has 1 N–H and O–H groups in total. The molecule has 1 heterocycles. The Morgan fingerprint density at radius 2 is 2.05 bits per heavy atom. The molecular weight excluding hydrogens is 306 g/mol. The van der Waals surface area contributed by atoms with Crippen molar-refractivity contribution in [2.75, 3.05) is 25.6 Å². The number of sulfonamides is 1. The maximum Gasteiger partial charge on any atom is 0.211 e. The summed E-state index contributed by atoms with van der Waals surface area (Å²) in [7, 11) is -3.12. The average Bonchev–Trinajstić information content (AvgIpc) is 2.47. The van der Waals surface area contributed by atoms with Crippen molar-refractivity contribution in [3.05, 3.63) is 29.8 Å². The van der Waals surface area contributed by atoms with E-state index in [9.17, 15) is 13.5 Å². The number of benzene rings is 1. The lowest BCUT2D eigenvalue weighted by molar-refractivity contribution is 0.123. The number of piperidine rings is 1. The molecule has 21 heavy (non-hydrogen) atoms. The Morgan fingerprint density at radius 1 is 1.38 bits per heavy atom. The first-order chi connectivity index (χ1) is 9.90. The van der Waals surface area contributed by atoms with Gasteiger partial charge in [0.1, 0.15) is 0 Å². The van der Waals surface area contributed by atoms with Gasteiger partial charge in [0.25, 0.3) is 0 Å². The molecule has 0 aromatic heterocycles. The summed E-state index contributed by atoms with van der Waals surface area (Å²) in [6.45, 7) is 1.13. The predicted molar refractivity (Wildman–Crippen MR) is 86.9 cm³/mol. The molecule has 118 valence electrons. The molecule has 1 aliphatic rings. The second kappa shape index (κ2) is 7.13. The van der Waals surface area contributed by atoms with Gasteiger partial charge in [-0.05, 0) is 49.1 Å². The van der Waals surface area contributed by atoms with Crippen LogP contribution in [0.5, 0.6) is 0 Å². The zero-order chi connectivity index (χ0) is 15.5. The van der Waals surface area contributed by atoms with Crippen molar-refractivity contribution < 1.29 is 13.5 Å². The quantitative estimate of drug-likeness (QED) is 0.843. The molecule has 1 saturated heterocycles. The van der Waals surface area contributed by atoms with Gasteiger partial charge >= 0.3 is 0 Å². The van der Waals surface area contributed by atoms with Crippen LogP contribution < -0.4 is 0 Å². The van der Waals surface area contributed by atoms with Crippen LogP contribution in [0.1, 0.15) is 30.9 Å². The number of hydrogen-bond acceptors (Lipinski definition) is 4. The lowest BCUT2D eigenvalue weighted by atomic mass is 9.91.